The molecule has 0 spiro atoms. The van der Waals surface area contributed by atoms with Crippen LogP contribution < -0.4 is 9.64 Å². The van der Waals surface area contributed by atoms with Crippen molar-refractivity contribution in [2.24, 2.45) is 35.5 Å². The molecular formula is C28H28N2O4. The molecule has 7 rings (SSSR count). The van der Waals surface area contributed by atoms with Crippen LogP contribution in [0.2, 0.25) is 0 Å². The molecule has 5 aliphatic rings. The van der Waals surface area contributed by atoms with Crippen LogP contribution in [0, 0.1) is 35.5 Å². The minimum atomic E-state index is -0.275. The highest BCUT2D eigenvalue weighted by atomic mass is 16.5. The Labute approximate surface area is 199 Å². The van der Waals surface area contributed by atoms with E-state index in [9.17, 15) is 14.4 Å². The first-order valence-electron chi connectivity index (χ1n) is 12.1. The molecular weight excluding hydrogens is 428 g/mol. The first-order chi connectivity index (χ1) is 16.5. The summed E-state index contributed by atoms with van der Waals surface area (Å²) in [7, 11) is 1.56. The number of nitrogens with zero attached hydrogens (tertiary/aromatic N) is 2. The lowest BCUT2D eigenvalue weighted by Crippen LogP contribution is -2.45. The van der Waals surface area contributed by atoms with Crippen molar-refractivity contribution in [2.75, 3.05) is 18.7 Å². The van der Waals surface area contributed by atoms with Crippen molar-refractivity contribution >= 4 is 23.4 Å². The maximum absolute atomic E-state index is 13.7. The minimum absolute atomic E-state index is 0.0824. The molecule has 2 bridgehead atoms. The van der Waals surface area contributed by atoms with Gasteiger partial charge in [0, 0.05) is 11.3 Å². The third-order valence-electron chi connectivity index (χ3n) is 8.26. The number of aryl methyl sites for hydroxylation is 1. The third kappa shape index (κ3) is 3.11. The quantitative estimate of drug-likeness (QED) is 0.488. The van der Waals surface area contributed by atoms with Crippen molar-refractivity contribution in [3.63, 3.8) is 0 Å². The zero-order chi connectivity index (χ0) is 23.6. The van der Waals surface area contributed by atoms with Gasteiger partial charge in [0.05, 0.1) is 18.9 Å². The van der Waals surface area contributed by atoms with E-state index in [1.54, 1.807) is 31.4 Å². The van der Waals surface area contributed by atoms with Crippen molar-refractivity contribution < 1.29 is 19.1 Å². The fourth-order valence-electron chi connectivity index (χ4n) is 6.39. The summed E-state index contributed by atoms with van der Waals surface area (Å²) in [6, 6.07) is 14.7. The Morgan fingerprint density at radius 2 is 1.65 bits per heavy atom. The van der Waals surface area contributed by atoms with Gasteiger partial charge < -0.3 is 4.74 Å². The fourth-order valence-corrected chi connectivity index (χ4v) is 6.39. The molecule has 2 aromatic carbocycles. The molecule has 0 radical (unpaired) electrons. The largest absolute Gasteiger partial charge is 0.497 e. The second-order valence-electron chi connectivity index (χ2n) is 9.89. The molecule has 34 heavy (non-hydrogen) atoms. The van der Waals surface area contributed by atoms with Crippen LogP contribution >= 0.6 is 0 Å². The molecule has 1 heterocycles. The van der Waals surface area contributed by atoms with Gasteiger partial charge in [-0.15, -0.1) is 0 Å². The summed E-state index contributed by atoms with van der Waals surface area (Å²) in [5.41, 5.74) is 2.25. The van der Waals surface area contributed by atoms with Gasteiger partial charge in [-0.2, -0.15) is 0 Å². The molecule has 4 aliphatic carbocycles. The number of amides is 3. The lowest BCUT2D eigenvalue weighted by atomic mass is 9.63. The number of hydrogen-bond donors (Lipinski definition) is 0. The summed E-state index contributed by atoms with van der Waals surface area (Å²) in [5, 5.41) is 0. The third-order valence-corrected chi connectivity index (χ3v) is 8.26. The molecule has 6 nitrogen and oxygen atoms in total. The molecule has 3 fully saturated rings. The predicted molar refractivity (Wildman–Crippen MR) is 127 cm³/mol. The average molecular weight is 457 g/mol. The molecule has 6 heteroatoms. The number of hydrogen-bond acceptors (Lipinski definition) is 4. The van der Waals surface area contributed by atoms with Crippen LogP contribution in [0.5, 0.6) is 5.75 Å². The number of likely N-dealkylation sites (tertiary alicyclic amines) is 1. The topological polar surface area (TPSA) is 66.9 Å². The molecule has 0 aromatic heterocycles. The maximum Gasteiger partial charge on any atom is 0.259 e. The molecule has 1 saturated heterocycles. The molecule has 6 atom stereocenters. The Morgan fingerprint density at radius 1 is 1.00 bits per heavy atom. The van der Waals surface area contributed by atoms with Crippen LogP contribution in [0.15, 0.2) is 60.7 Å². The first kappa shape index (κ1) is 21.1. The number of allylic oxidation sites excluding steroid dienone is 2. The average Bonchev–Trinajstić information content (AvgIpc) is 3.67. The van der Waals surface area contributed by atoms with Gasteiger partial charge in [0.2, 0.25) is 11.8 Å². The fraction of sp³-hybridized carbons (Fsp3) is 0.393. The Kier molecular flexibility index (Phi) is 4.87. The second kappa shape index (κ2) is 7.83. The van der Waals surface area contributed by atoms with Crippen molar-refractivity contribution in [2.45, 2.75) is 19.8 Å². The van der Waals surface area contributed by atoms with Crippen molar-refractivity contribution in [3.8, 4) is 5.75 Å². The minimum Gasteiger partial charge on any atom is -0.497 e. The Morgan fingerprint density at radius 3 is 2.24 bits per heavy atom. The van der Waals surface area contributed by atoms with Gasteiger partial charge in [-0.1, -0.05) is 37.3 Å². The van der Waals surface area contributed by atoms with E-state index in [1.165, 1.54) is 9.80 Å². The number of benzene rings is 2. The highest BCUT2D eigenvalue weighted by Crippen LogP contribution is 2.65. The zero-order valence-corrected chi connectivity index (χ0v) is 19.4. The Bertz CT molecular complexity index is 1170. The number of anilines is 1. The number of imide groups is 1. The van der Waals surface area contributed by atoms with Crippen LogP contribution in [0.25, 0.3) is 0 Å². The Balaban J connectivity index is 1.34. The summed E-state index contributed by atoms with van der Waals surface area (Å²) in [6.07, 6.45) is 6.34. The van der Waals surface area contributed by atoms with Crippen molar-refractivity contribution in [1.29, 1.82) is 0 Å². The van der Waals surface area contributed by atoms with Gasteiger partial charge in [-0.05, 0) is 72.4 Å². The van der Waals surface area contributed by atoms with E-state index in [-0.39, 0.29) is 48.1 Å². The van der Waals surface area contributed by atoms with Gasteiger partial charge in [-0.25, -0.2) is 0 Å². The lowest BCUT2D eigenvalue weighted by Gasteiger charge is -2.37. The van der Waals surface area contributed by atoms with E-state index in [0.717, 1.165) is 18.4 Å². The number of methoxy groups -OCH3 is 1. The van der Waals surface area contributed by atoms with Crippen molar-refractivity contribution in [1.82, 2.24) is 4.90 Å². The number of carbonyl (C=O) groups excluding carboxylic acids is 3. The van der Waals surface area contributed by atoms with E-state index < -0.39 is 0 Å². The van der Waals surface area contributed by atoms with E-state index in [4.69, 9.17) is 4.74 Å². The Hall–Kier alpha value is -3.41. The SMILES string of the molecule is CCc1ccc(N(CN2C(=O)C3C4C=CC(C5CC45)C3C2=O)C(=O)c2cccc(OC)c2)cc1. The molecule has 2 saturated carbocycles. The second-order valence-corrected chi connectivity index (χ2v) is 9.89. The lowest BCUT2D eigenvalue weighted by molar-refractivity contribution is -0.140. The van der Waals surface area contributed by atoms with Gasteiger partial charge in [0.25, 0.3) is 5.91 Å². The van der Waals surface area contributed by atoms with Crippen LogP contribution in [-0.4, -0.2) is 36.4 Å². The number of rotatable bonds is 6. The van der Waals surface area contributed by atoms with E-state index >= 15 is 0 Å². The van der Waals surface area contributed by atoms with Gasteiger partial charge in [-0.3, -0.25) is 24.2 Å². The van der Waals surface area contributed by atoms with Gasteiger partial charge >= 0.3 is 0 Å². The van der Waals surface area contributed by atoms with Gasteiger partial charge in [0.15, 0.2) is 0 Å². The van der Waals surface area contributed by atoms with Crippen LogP contribution in [0.1, 0.15) is 29.3 Å². The smallest absolute Gasteiger partial charge is 0.259 e. The highest BCUT2D eigenvalue weighted by molar-refractivity contribution is 6.10. The molecule has 2 aromatic rings. The molecule has 1 aliphatic heterocycles. The number of carbonyl (C=O) groups is 3. The monoisotopic (exact) mass is 456 g/mol. The summed E-state index contributed by atoms with van der Waals surface area (Å²) in [4.78, 5) is 43.7. The summed E-state index contributed by atoms with van der Waals surface area (Å²) in [5.74, 6) is 0.899. The van der Waals surface area contributed by atoms with Crippen LogP contribution in [-0.2, 0) is 16.0 Å². The summed E-state index contributed by atoms with van der Waals surface area (Å²) < 4.78 is 5.30. The van der Waals surface area contributed by atoms with E-state index in [1.807, 2.05) is 24.3 Å². The van der Waals surface area contributed by atoms with Gasteiger partial charge in [0.1, 0.15) is 12.4 Å². The first-order valence-corrected chi connectivity index (χ1v) is 12.1. The summed E-state index contributed by atoms with van der Waals surface area (Å²) in [6.45, 7) is 1.99. The molecule has 3 amide bonds. The predicted octanol–water partition coefficient (Wildman–Crippen LogP) is 3.92. The maximum atomic E-state index is 13.7. The highest BCUT2D eigenvalue weighted by Gasteiger charge is 2.67. The van der Waals surface area contributed by atoms with Crippen molar-refractivity contribution in [3.05, 3.63) is 71.8 Å². The summed E-state index contributed by atoms with van der Waals surface area (Å²) >= 11 is 0. The van der Waals surface area contributed by atoms with Crippen LogP contribution in [0.4, 0.5) is 5.69 Å². The van der Waals surface area contributed by atoms with E-state index in [0.29, 0.717) is 28.8 Å². The molecule has 0 N–H and O–H groups in total. The molecule has 6 unspecified atom stereocenters. The van der Waals surface area contributed by atoms with E-state index in [2.05, 4.69) is 19.1 Å². The zero-order valence-electron chi connectivity index (χ0n) is 19.4. The number of ether oxygens (including phenoxy) is 1. The standard InChI is InChI=1S/C28H28N2O4/c1-3-16-7-9-18(10-8-16)29(26(31)17-5-4-6-19(13-17)34-2)15-30-27(32)24-20-11-12-21(23-14-22(20)23)25(24)28(30)33/h4-13,20-25H,3,14-15H2,1-2H3. The van der Waals surface area contributed by atoms with Crippen LogP contribution in [0.3, 0.4) is 0 Å². The molecule has 174 valence electrons. The normalized spacial score (nSPS) is 30.2.